The Morgan fingerprint density at radius 3 is 2.65 bits per heavy atom. The van der Waals surface area contributed by atoms with Crippen LogP contribution in [-0.2, 0) is 16.0 Å². The number of anilines is 1. The number of rotatable bonds is 7. The van der Waals surface area contributed by atoms with Gasteiger partial charge >= 0.3 is 0 Å². The van der Waals surface area contributed by atoms with Gasteiger partial charge in [0.1, 0.15) is 5.69 Å². The Bertz CT molecular complexity index is 897. The molecule has 0 saturated carbocycles. The largest absolute Gasteiger partial charge is 0.550 e. The van der Waals surface area contributed by atoms with Gasteiger partial charge in [-0.3, -0.25) is 9.59 Å². The minimum atomic E-state index is -1.30. The predicted octanol–water partition coefficient (Wildman–Crippen LogP) is -0.618. The van der Waals surface area contributed by atoms with Crippen LogP contribution in [0, 0.1) is 13.8 Å². The number of nitrogen functional groups attached to an aromatic ring is 1. The molecule has 10 heteroatoms. The summed E-state index contributed by atoms with van der Waals surface area (Å²) in [7, 11) is 0. The number of hydrogen-bond donors (Lipinski definition) is 2. The maximum absolute atomic E-state index is 12.0. The number of nitrogens with zero attached hydrogens (tertiary/aromatic N) is 3. The third-order valence-corrected chi connectivity index (χ3v) is 4.56. The number of aliphatic carboxylic acids is 1. The lowest BCUT2D eigenvalue weighted by atomic mass is 10.1. The summed E-state index contributed by atoms with van der Waals surface area (Å²) < 4.78 is 0.756. The molecule has 2 rings (SSSR count). The van der Waals surface area contributed by atoms with Crippen molar-refractivity contribution in [3.63, 3.8) is 0 Å². The highest BCUT2D eigenvalue weighted by Crippen LogP contribution is 2.16. The lowest BCUT2D eigenvalue weighted by molar-refractivity contribution is -0.305. The number of nitrogens with one attached hydrogen (secondary N) is 1. The van der Waals surface area contributed by atoms with Gasteiger partial charge < -0.3 is 21.1 Å². The second kappa shape index (κ2) is 8.48. The molecule has 26 heavy (non-hydrogen) atoms. The molecule has 0 aliphatic rings. The van der Waals surface area contributed by atoms with Crippen molar-refractivity contribution in [1.29, 1.82) is 0 Å². The van der Waals surface area contributed by atoms with Crippen molar-refractivity contribution in [3.8, 4) is 0 Å². The van der Waals surface area contributed by atoms with E-state index >= 15 is 0 Å². The molecule has 0 unspecified atom stereocenters. The van der Waals surface area contributed by atoms with E-state index in [1.807, 2.05) is 26.0 Å². The fraction of sp³-hybridized carbons (Fsp3) is 0.312. The van der Waals surface area contributed by atoms with Gasteiger partial charge in [-0.1, -0.05) is 17.8 Å². The molecular formula is C16H18N5O4S-. The van der Waals surface area contributed by atoms with Crippen LogP contribution in [0.2, 0.25) is 0 Å². The standard InChI is InChI=1S/C16H19N5O4S/c1-9-3-4-11(7-10(9)2)18-13(22)8-26-16-20-19-12(5-6-14(23)24)15(25)21(16)17/h3-4,7H,5-6,8,17H2,1-2H3,(H,18,22)(H,23,24)/p-1. The minimum Gasteiger partial charge on any atom is -0.550 e. The van der Waals surface area contributed by atoms with E-state index in [2.05, 4.69) is 15.5 Å². The second-order valence-electron chi connectivity index (χ2n) is 5.61. The van der Waals surface area contributed by atoms with Gasteiger partial charge in [-0.25, -0.2) is 0 Å². The normalized spacial score (nSPS) is 10.5. The van der Waals surface area contributed by atoms with Crippen molar-refractivity contribution >= 4 is 29.3 Å². The highest BCUT2D eigenvalue weighted by molar-refractivity contribution is 7.99. The van der Waals surface area contributed by atoms with Crippen molar-refractivity contribution in [1.82, 2.24) is 14.9 Å². The topological polar surface area (TPSA) is 143 Å². The van der Waals surface area contributed by atoms with Gasteiger partial charge in [-0.2, -0.15) is 4.68 Å². The Hall–Kier alpha value is -2.88. The van der Waals surface area contributed by atoms with Gasteiger partial charge in [0, 0.05) is 18.1 Å². The average Bonchev–Trinajstić information content (AvgIpc) is 2.58. The lowest BCUT2D eigenvalue weighted by Crippen LogP contribution is -2.34. The van der Waals surface area contributed by atoms with Crippen LogP contribution in [0.3, 0.4) is 0 Å². The zero-order valence-corrected chi connectivity index (χ0v) is 15.1. The number of benzene rings is 1. The molecule has 9 nitrogen and oxygen atoms in total. The molecule has 0 bridgehead atoms. The molecule has 2 aromatic rings. The van der Waals surface area contributed by atoms with Gasteiger partial charge in [-0.05, 0) is 43.5 Å². The zero-order chi connectivity index (χ0) is 19.3. The maximum Gasteiger partial charge on any atom is 0.294 e. The predicted molar refractivity (Wildman–Crippen MR) is 95.0 cm³/mol. The number of carbonyl (C=O) groups is 2. The molecule has 0 spiro atoms. The van der Waals surface area contributed by atoms with E-state index in [4.69, 9.17) is 5.84 Å². The summed E-state index contributed by atoms with van der Waals surface area (Å²) in [5.41, 5.74) is 2.13. The van der Waals surface area contributed by atoms with E-state index in [0.29, 0.717) is 5.69 Å². The van der Waals surface area contributed by atoms with E-state index < -0.39 is 11.5 Å². The van der Waals surface area contributed by atoms with Crippen molar-refractivity contribution in [2.24, 2.45) is 0 Å². The first-order chi connectivity index (χ1) is 12.3. The van der Waals surface area contributed by atoms with Crippen molar-refractivity contribution in [2.75, 3.05) is 16.9 Å². The maximum atomic E-state index is 12.0. The Morgan fingerprint density at radius 2 is 2.00 bits per heavy atom. The first kappa shape index (κ1) is 19.4. The Labute approximate surface area is 153 Å². The van der Waals surface area contributed by atoms with Crippen LogP contribution < -0.4 is 21.8 Å². The molecule has 0 fully saturated rings. The van der Waals surface area contributed by atoms with Gasteiger partial charge in [-0.15, -0.1) is 10.2 Å². The number of amides is 1. The fourth-order valence-electron chi connectivity index (χ4n) is 2.04. The summed E-state index contributed by atoms with van der Waals surface area (Å²) in [5, 5.41) is 20.7. The molecule has 1 aromatic carbocycles. The molecule has 1 aromatic heterocycles. The molecule has 0 aliphatic carbocycles. The number of carboxylic acid groups (broad SMARTS) is 1. The second-order valence-corrected chi connectivity index (χ2v) is 6.55. The summed E-state index contributed by atoms with van der Waals surface area (Å²) in [4.78, 5) is 34.5. The smallest absolute Gasteiger partial charge is 0.294 e. The van der Waals surface area contributed by atoms with Crippen LogP contribution in [-0.4, -0.2) is 32.5 Å². The van der Waals surface area contributed by atoms with E-state index in [1.165, 1.54) is 0 Å². The van der Waals surface area contributed by atoms with E-state index in [0.717, 1.165) is 27.6 Å². The molecule has 0 aliphatic heterocycles. The monoisotopic (exact) mass is 376 g/mol. The van der Waals surface area contributed by atoms with E-state index in [-0.39, 0.29) is 35.4 Å². The van der Waals surface area contributed by atoms with Crippen LogP contribution in [0.5, 0.6) is 0 Å². The number of thioether (sulfide) groups is 1. The Morgan fingerprint density at radius 1 is 1.27 bits per heavy atom. The van der Waals surface area contributed by atoms with Crippen LogP contribution in [0.1, 0.15) is 23.2 Å². The molecule has 138 valence electrons. The van der Waals surface area contributed by atoms with Gasteiger partial charge in [0.2, 0.25) is 11.1 Å². The van der Waals surface area contributed by atoms with Crippen LogP contribution in [0.15, 0.2) is 28.2 Å². The summed E-state index contributed by atoms with van der Waals surface area (Å²) in [6, 6.07) is 5.57. The molecular weight excluding hydrogens is 358 g/mol. The number of hydrogen-bond acceptors (Lipinski definition) is 8. The quantitative estimate of drug-likeness (QED) is 0.481. The first-order valence-electron chi connectivity index (χ1n) is 7.71. The van der Waals surface area contributed by atoms with Crippen molar-refractivity contribution in [3.05, 3.63) is 45.4 Å². The summed E-state index contributed by atoms with van der Waals surface area (Å²) in [5.74, 6) is 4.06. The number of aromatic nitrogens is 3. The van der Waals surface area contributed by atoms with Crippen LogP contribution in [0.4, 0.5) is 5.69 Å². The molecule has 1 amide bonds. The Kier molecular flexibility index (Phi) is 6.34. The summed E-state index contributed by atoms with van der Waals surface area (Å²) >= 11 is 0.953. The van der Waals surface area contributed by atoms with Crippen molar-refractivity contribution in [2.45, 2.75) is 31.8 Å². The summed E-state index contributed by atoms with van der Waals surface area (Å²) in [6.45, 7) is 3.93. The third kappa shape index (κ3) is 5.06. The highest BCUT2D eigenvalue weighted by Gasteiger charge is 2.13. The van der Waals surface area contributed by atoms with E-state index in [9.17, 15) is 19.5 Å². The number of carboxylic acids is 1. The number of carbonyl (C=O) groups excluding carboxylic acids is 2. The Balaban J connectivity index is 1.99. The van der Waals surface area contributed by atoms with E-state index in [1.54, 1.807) is 6.07 Å². The highest BCUT2D eigenvalue weighted by atomic mass is 32.2. The van der Waals surface area contributed by atoms with Crippen LogP contribution >= 0.6 is 11.8 Å². The van der Waals surface area contributed by atoms with Gasteiger partial charge in [0.15, 0.2) is 0 Å². The fourth-order valence-corrected chi connectivity index (χ4v) is 2.70. The summed E-state index contributed by atoms with van der Waals surface area (Å²) in [6.07, 6.45) is -0.474. The van der Waals surface area contributed by atoms with Gasteiger partial charge in [0.25, 0.3) is 5.56 Å². The first-order valence-corrected chi connectivity index (χ1v) is 8.70. The number of aryl methyl sites for hydroxylation is 3. The van der Waals surface area contributed by atoms with Gasteiger partial charge in [0.05, 0.1) is 5.75 Å². The lowest BCUT2D eigenvalue weighted by Gasteiger charge is -2.09. The SMILES string of the molecule is Cc1ccc(NC(=O)CSc2nnc(CCC(=O)[O-])c(=O)n2N)cc1C. The minimum absolute atomic E-state index is 0.0172. The molecule has 3 N–H and O–H groups in total. The molecule has 1 heterocycles. The molecule has 0 atom stereocenters. The molecule has 0 radical (unpaired) electrons. The average molecular weight is 376 g/mol. The van der Waals surface area contributed by atoms with Crippen molar-refractivity contribution < 1.29 is 14.7 Å². The molecule has 0 saturated heterocycles. The van der Waals surface area contributed by atoms with Crippen LogP contribution in [0.25, 0.3) is 0 Å². The third-order valence-electron chi connectivity index (χ3n) is 3.62. The zero-order valence-electron chi connectivity index (χ0n) is 14.3. The number of nitrogens with two attached hydrogens (primary N) is 1.